The largest absolute Gasteiger partial charge is 0.481 e. The van der Waals surface area contributed by atoms with Crippen molar-refractivity contribution >= 4 is 68.3 Å². The number of aliphatic carboxylic acids is 1. The molecule has 4 aromatic rings. The van der Waals surface area contributed by atoms with Crippen LogP contribution in [0, 0.1) is 11.8 Å². The van der Waals surface area contributed by atoms with Crippen LogP contribution < -0.4 is 21.7 Å². The maximum Gasteiger partial charge on any atom is 0.306 e. The van der Waals surface area contributed by atoms with Gasteiger partial charge in [0, 0.05) is 70.1 Å². The Balaban J connectivity index is 0.000000276. The molecule has 0 aliphatic rings. The number of nitrogens with zero attached hydrogens (tertiary/aromatic N) is 2. The third-order valence-corrected chi connectivity index (χ3v) is 8.24. The van der Waals surface area contributed by atoms with E-state index in [9.17, 15) is 9.59 Å². The van der Waals surface area contributed by atoms with Crippen LogP contribution in [0.3, 0.4) is 0 Å². The Hall–Kier alpha value is -3.66. The first-order valence-electron chi connectivity index (χ1n) is 16.5. The van der Waals surface area contributed by atoms with E-state index in [0.717, 1.165) is 84.8 Å². The molecule has 2 heterocycles. The molecule has 9 nitrogen and oxygen atoms in total. The van der Waals surface area contributed by atoms with Gasteiger partial charge in [-0.05, 0) is 93.6 Å². The monoisotopic (exact) mass is 684 g/mol. The fourth-order valence-corrected chi connectivity index (χ4v) is 5.17. The number of halogens is 2. The Morgan fingerprint density at radius 3 is 1.60 bits per heavy atom. The number of amides is 1. The first-order chi connectivity index (χ1) is 22.7. The number of nitrogens with two attached hydrogens (primary N) is 1. The van der Waals surface area contributed by atoms with Crippen molar-refractivity contribution in [1.82, 2.24) is 15.3 Å². The van der Waals surface area contributed by atoms with Crippen molar-refractivity contribution < 1.29 is 14.7 Å². The van der Waals surface area contributed by atoms with Crippen LogP contribution in [0.25, 0.3) is 21.8 Å². The van der Waals surface area contributed by atoms with Crippen LogP contribution in [0.2, 0.25) is 10.0 Å². The summed E-state index contributed by atoms with van der Waals surface area (Å²) in [5.41, 5.74) is 9.36. The quantitative estimate of drug-likeness (QED) is 0.0786. The summed E-state index contributed by atoms with van der Waals surface area (Å²) >= 11 is 11.9. The van der Waals surface area contributed by atoms with Gasteiger partial charge in [0.1, 0.15) is 0 Å². The predicted molar refractivity (Wildman–Crippen MR) is 198 cm³/mol. The summed E-state index contributed by atoms with van der Waals surface area (Å²) in [6.07, 6.45) is 8.66. The number of aromatic nitrogens is 2. The minimum atomic E-state index is -0.671. The molecule has 2 aromatic heterocycles. The SMILES string of the molecule is CCC(CC)C(=O)NCCCNc1ccnc2cc(Cl)ccc12.CCC(CC)C(=O)O.NCCCNc1ccnc2cc(Cl)ccc12. The van der Waals surface area contributed by atoms with E-state index in [-0.39, 0.29) is 17.7 Å². The van der Waals surface area contributed by atoms with E-state index in [2.05, 4.69) is 39.8 Å². The van der Waals surface area contributed by atoms with Crippen LogP contribution in [-0.2, 0) is 9.59 Å². The number of nitrogens with one attached hydrogen (secondary N) is 3. The fourth-order valence-electron chi connectivity index (χ4n) is 4.84. The number of pyridine rings is 2. The number of carbonyl (C=O) groups is 2. The first kappa shape index (κ1) is 39.5. The average Bonchev–Trinajstić information content (AvgIpc) is 3.06. The van der Waals surface area contributed by atoms with Crippen LogP contribution in [0.4, 0.5) is 11.4 Å². The Morgan fingerprint density at radius 1 is 0.723 bits per heavy atom. The highest BCUT2D eigenvalue weighted by Gasteiger charge is 2.13. The Morgan fingerprint density at radius 2 is 1.19 bits per heavy atom. The van der Waals surface area contributed by atoms with Crippen LogP contribution in [-0.4, -0.2) is 53.1 Å². The number of rotatable bonds is 15. The van der Waals surface area contributed by atoms with E-state index in [1.807, 2.05) is 62.4 Å². The number of anilines is 2. The average molecular weight is 686 g/mol. The highest BCUT2D eigenvalue weighted by atomic mass is 35.5. The van der Waals surface area contributed by atoms with Gasteiger partial charge in [0.25, 0.3) is 0 Å². The van der Waals surface area contributed by atoms with Gasteiger partial charge in [0.2, 0.25) is 5.91 Å². The number of carbonyl (C=O) groups excluding carboxylic acids is 1. The number of benzene rings is 2. The summed E-state index contributed by atoms with van der Waals surface area (Å²) < 4.78 is 0. The van der Waals surface area contributed by atoms with Gasteiger partial charge in [0.05, 0.1) is 17.0 Å². The molecule has 1 amide bonds. The van der Waals surface area contributed by atoms with Gasteiger partial charge in [-0.25, -0.2) is 0 Å². The molecule has 2 aromatic carbocycles. The van der Waals surface area contributed by atoms with Crippen molar-refractivity contribution in [3.63, 3.8) is 0 Å². The lowest BCUT2D eigenvalue weighted by molar-refractivity contribution is -0.141. The normalized spacial score (nSPS) is 10.7. The summed E-state index contributed by atoms with van der Waals surface area (Å²) in [7, 11) is 0. The molecule has 0 atom stereocenters. The first-order valence-corrected chi connectivity index (χ1v) is 17.2. The number of carboxylic acid groups (broad SMARTS) is 1. The van der Waals surface area contributed by atoms with E-state index in [4.69, 9.17) is 34.0 Å². The lowest BCUT2D eigenvalue weighted by Crippen LogP contribution is -2.31. The molecule has 11 heteroatoms. The zero-order chi connectivity index (χ0) is 34.6. The van der Waals surface area contributed by atoms with Crippen molar-refractivity contribution in [1.29, 1.82) is 0 Å². The smallest absolute Gasteiger partial charge is 0.306 e. The van der Waals surface area contributed by atoms with Crippen LogP contribution in [0.1, 0.15) is 66.2 Å². The molecule has 0 saturated heterocycles. The standard InChI is InChI=1S/C18H24ClN3O.C12H14ClN3.C6H12O2/c1-3-13(4-2)18(23)22-10-5-9-20-16-8-11-21-17-12-14(19)6-7-15(16)17;13-9-2-3-10-11(15-6-1-5-14)4-7-16-12(10)8-9;1-3-5(4-2)6(7)8/h6-8,11-13H,3-5,9-10H2,1-2H3,(H,20,21)(H,22,23);2-4,7-8H,1,5-6,14H2,(H,15,16);5H,3-4H2,1-2H3,(H,7,8). The van der Waals surface area contributed by atoms with Crippen molar-refractivity contribution in [2.75, 3.05) is 36.8 Å². The van der Waals surface area contributed by atoms with E-state index >= 15 is 0 Å². The molecule has 6 N–H and O–H groups in total. The summed E-state index contributed by atoms with van der Waals surface area (Å²) in [6, 6.07) is 15.3. The maximum absolute atomic E-state index is 11.9. The van der Waals surface area contributed by atoms with Gasteiger partial charge < -0.3 is 26.8 Å². The van der Waals surface area contributed by atoms with Crippen molar-refractivity contribution in [3.8, 4) is 0 Å². The highest BCUT2D eigenvalue weighted by Crippen LogP contribution is 2.25. The van der Waals surface area contributed by atoms with Crippen molar-refractivity contribution in [2.24, 2.45) is 17.6 Å². The van der Waals surface area contributed by atoms with E-state index in [1.165, 1.54) is 0 Å². The minimum absolute atomic E-state index is 0.130. The summed E-state index contributed by atoms with van der Waals surface area (Å²) in [5, 5.41) is 21.7. The van der Waals surface area contributed by atoms with Crippen LogP contribution >= 0.6 is 23.2 Å². The number of fused-ring (bicyclic) bond motifs is 2. The molecule has 4 rings (SSSR count). The summed E-state index contributed by atoms with van der Waals surface area (Å²) in [5.74, 6) is -0.499. The minimum Gasteiger partial charge on any atom is -0.481 e. The second-order valence-corrected chi connectivity index (χ2v) is 11.9. The zero-order valence-electron chi connectivity index (χ0n) is 28.0. The molecule has 0 fully saturated rings. The van der Waals surface area contributed by atoms with Crippen LogP contribution in [0.15, 0.2) is 60.9 Å². The van der Waals surface area contributed by atoms with Gasteiger partial charge >= 0.3 is 5.97 Å². The lowest BCUT2D eigenvalue weighted by atomic mass is 10.0. The van der Waals surface area contributed by atoms with Gasteiger partial charge in [0.15, 0.2) is 0 Å². The maximum atomic E-state index is 11.9. The molecule has 0 aliphatic carbocycles. The van der Waals surface area contributed by atoms with E-state index in [0.29, 0.717) is 23.1 Å². The van der Waals surface area contributed by atoms with Crippen molar-refractivity contribution in [3.05, 3.63) is 71.0 Å². The number of hydrogen-bond acceptors (Lipinski definition) is 7. The Bertz CT molecular complexity index is 1530. The third kappa shape index (κ3) is 13.5. The lowest BCUT2D eigenvalue weighted by Gasteiger charge is -2.13. The molecule has 0 spiro atoms. The molecule has 0 bridgehead atoms. The van der Waals surface area contributed by atoms with Gasteiger partial charge in [-0.1, -0.05) is 50.9 Å². The molecule has 47 heavy (non-hydrogen) atoms. The van der Waals surface area contributed by atoms with E-state index < -0.39 is 5.97 Å². The van der Waals surface area contributed by atoms with Crippen molar-refractivity contribution in [2.45, 2.75) is 66.2 Å². The fraction of sp³-hybridized carbons (Fsp3) is 0.444. The second-order valence-electron chi connectivity index (χ2n) is 11.0. The highest BCUT2D eigenvalue weighted by molar-refractivity contribution is 6.31. The van der Waals surface area contributed by atoms with Gasteiger partial charge in [-0.2, -0.15) is 0 Å². The molecule has 0 aliphatic heterocycles. The third-order valence-electron chi connectivity index (χ3n) is 7.77. The molecule has 0 unspecified atom stereocenters. The molecular weight excluding hydrogens is 635 g/mol. The molecule has 0 saturated carbocycles. The zero-order valence-corrected chi connectivity index (χ0v) is 29.5. The van der Waals surface area contributed by atoms with Crippen LogP contribution in [0.5, 0.6) is 0 Å². The van der Waals surface area contributed by atoms with E-state index in [1.54, 1.807) is 12.4 Å². The Kier molecular flexibility index (Phi) is 18.5. The van der Waals surface area contributed by atoms with Gasteiger partial charge in [-0.15, -0.1) is 0 Å². The predicted octanol–water partition coefficient (Wildman–Crippen LogP) is 8.40. The molecule has 0 radical (unpaired) electrons. The summed E-state index contributed by atoms with van der Waals surface area (Å²) in [4.78, 5) is 30.7. The number of hydrogen-bond donors (Lipinski definition) is 5. The second kappa shape index (κ2) is 22.0. The van der Waals surface area contributed by atoms with Gasteiger partial charge in [-0.3, -0.25) is 19.6 Å². The topological polar surface area (TPSA) is 142 Å². The molecule has 256 valence electrons. The summed E-state index contributed by atoms with van der Waals surface area (Å²) in [6.45, 7) is 10.9. The molecular formula is C36H50Cl2N6O3. The number of carboxylic acids is 1. The Labute approximate surface area is 289 Å².